The van der Waals surface area contributed by atoms with E-state index < -0.39 is 11.9 Å². The van der Waals surface area contributed by atoms with Crippen molar-refractivity contribution >= 4 is 11.7 Å². The van der Waals surface area contributed by atoms with Gasteiger partial charge in [0.2, 0.25) is 0 Å². The molecule has 1 aromatic rings. The van der Waals surface area contributed by atoms with Crippen LogP contribution >= 0.6 is 0 Å². The summed E-state index contributed by atoms with van der Waals surface area (Å²) >= 11 is 0. The molecule has 1 aliphatic carbocycles. The number of carbonyl (C=O) groups excluding carboxylic acids is 2. The third-order valence-electron chi connectivity index (χ3n) is 4.86. The predicted octanol–water partition coefficient (Wildman–Crippen LogP) is 3.33. The Morgan fingerprint density at radius 1 is 1.38 bits per heavy atom. The summed E-state index contributed by atoms with van der Waals surface area (Å²) in [5.41, 5.74) is 1.03. The molecule has 1 atom stereocenters. The normalized spacial score (nSPS) is 22.0. The summed E-state index contributed by atoms with van der Waals surface area (Å²) in [5.74, 6) is -0.766. The fourth-order valence-corrected chi connectivity index (χ4v) is 3.81. The minimum absolute atomic E-state index is 0.0780. The van der Waals surface area contributed by atoms with E-state index in [2.05, 4.69) is 4.98 Å². The minimum atomic E-state index is -0.513. The molecule has 1 aliphatic heterocycles. The number of ketones is 1. The van der Waals surface area contributed by atoms with E-state index in [0.29, 0.717) is 6.42 Å². The van der Waals surface area contributed by atoms with E-state index in [0.717, 1.165) is 31.2 Å². The maximum atomic E-state index is 12.7. The molecular weight excluding hydrogens is 304 g/mol. The molecule has 0 aromatic carbocycles. The van der Waals surface area contributed by atoms with E-state index in [1.807, 2.05) is 19.9 Å². The molecule has 0 radical (unpaired) electrons. The molecule has 5 nitrogen and oxygen atoms in total. The van der Waals surface area contributed by atoms with Gasteiger partial charge in [-0.2, -0.15) is 0 Å². The number of Topliss-reactive ketones (excluding diaryl/α,β-unsaturated/α-hetero) is 1. The van der Waals surface area contributed by atoms with Crippen LogP contribution in [0.2, 0.25) is 0 Å². The number of amides is 1. The summed E-state index contributed by atoms with van der Waals surface area (Å²) in [7, 11) is 0. The van der Waals surface area contributed by atoms with E-state index in [9.17, 15) is 14.7 Å². The first-order valence-corrected chi connectivity index (χ1v) is 8.69. The first kappa shape index (κ1) is 16.7. The lowest BCUT2D eigenvalue weighted by atomic mass is 9.92. The second kappa shape index (κ2) is 6.75. The lowest BCUT2D eigenvalue weighted by Gasteiger charge is -2.32. The minimum Gasteiger partial charge on any atom is -0.503 e. The van der Waals surface area contributed by atoms with Gasteiger partial charge in [-0.1, -0.05) is 32.8 Å². The van der Waals surface area contributed by atoms with E-state index in [4.69, 9.17) is 0 Å². The van der Waals surface area contributed by atoms with Crippen LogP contribution < -0.4 is 0 Å². The van der Waals surface area contributed by atoms with Crippen molar-refractivity contribution in [3.63, 3.8) is 0 Å². The van der Waals surface area contributed by atoms with Gasteiger partial charge in [0, 0.05) is 24.9 Å². The van der Waals surface area contributed by atoms with Crippen LogP contribution in [-0.4, -0.2) is 32.7 Å². The van der Waals surface area contributed by atoms with Gasteiger partial charge in [-0.3, -0.25) is 14.6 Å². The third kappa shape index (κ3) is 2.95. The van der Waals surface area contributed by atoms with Crippen LogP contribution in [0.1, 0.15) is 57.6 Å². The first-order valence-electron chi connectivity index (χ1n) is 8.69. The van der Waals surface area contributed by atoms with Crippen molar-refractivity contribution in [1.82, 2.24) is 9.88 Å². The van der Waals surface area contributed by atoms with Crippen molar-refractivity contribution in [3.8, 4) is 0 Å². The number of hydrogen-bond donors (Lipinski definition) is 1. The molecule has 0 bridgehead atoms. The Balaban J connectivity index is 2.03. The molecule has 5 heteroatoms. The highest BCUT2D eigenvalue weighted by atomic mass is 16.3. The molecular formula is C19H24N2O3. The number of aliphatic hydroxyl groups is 1. The monoisotopic (exact) mass is 328 g/mol. The topological polar surface area (TPSA) is 70.5 Å². The van der Waals surface area contributed by atoms with Crippen molar-refractivity contribution in [3.05, 3.63) is 41.4 Å². The molecule has 2 aliphatic rings. The van der Waals surface area contributed by atoms with Crippen molar-refractivity contribution in [2.24, 2.45) is 5.92 Å². The van der Waals surface area contributed by atoms with Gasteiger partial charge >= 0.3 is 0 Å². The Morgan fingerprint density at radius 2 is 2.08 bits per heavy atom. The Hall–Kier alpha value is -2.17. The van der Waals surface area contributed by atoms with E-state index in [-0.39, 0.29) is 29.1 Å². The molecule has 1 aromatic heterocycles. The van der Waals surface area contributed by atoms with Crippen LogP contribution in [0.5, 0.6) is 0 Å². The molecule has 128 valence electrons. The van der Waals surface area contributed by atoms with Gasteiger partial charge < -0.3 is 10.0 Å². The zero-order chi connectivity index (χ0) is 17.3. The van der Waals surface area contributed by atoms with Crippen molar-refractivity contribution in [2.75, 3.05) is 0 Å². The zero-order valence-corrected chi connectivity index (χ0v) is 14.2. The quantitative estimate of drug-likeness (QED) is 0.900. The van der Waals surface area contributed by atoms with Crippen molar-refractivity contribution < 1.29 is 14.7 Å². The summed E-state index contributed by atoms with van der Waals surface area (Å²) in [5, 5.41) is 10.5. The largest absolute Gasteiger partial charge is 0.503 e. The van der Waals surface area contributed by atoms with Gasteiger partial charge in [0.05, 0.1) is 11.6 Å². The molecule has 24 heavy (non-hydrogen) atoms. The molecule has 1 fully saturated rings. The zero-order valence-electron chi connectivity index (χ0n) is 14.2. The fraction of sp³-hybridized carbons (Fsp3) is 0.526. The number of aliphatic hydroxyl groups excluding tert-OH is 1. The van der Waals surface area contributed by atoms with Gasteiger partial charge in [-0.25, -0.2) is 0 Å². The Labute approximate surface area is 142 Å². The number of nitrogens with zero attached hydrogens (tertiary/aromatic N) is 2. The molecule has 1 amide bonds. The third-order valence-corrected chi connectivity index (χ3v) is 4.86. The van der Waals surface area contributed by atoms with Crippen LogP contribution in [0, 0.1) is 5.92 Å². The smallest absolute Gasteiger partial charge is 0.290 e. The van der Waals surface area contributed by atoms with Crippen LogP contribution in [0.15, 0.2) is 35.9 Å². The standard InChI is InChI=1S/C19H24N2O3/c1-12(2)10-15(22)16-17(13-6-5-9-20-11-13)21(19(24)18(16)23)14-7-3-4-8-14/h5-6,9,11-12,14,17,23H,3-4,7-8,10H2,1-2H3. The SMILES string of the molecule is CC(C)CC(=O)C1=C(O)C(=O)N(C2CCCC2)C1c1cccnc1. The molecule has 2 heterocycles. The number of hydrogen-bond acceptors (Lipinski definition) is 4. The second-order valence-corrected chi connectivity index (χ2v) is 7.12. The van der Waals surface area contributed by atoms with Gasteiger partial charge in [0.25, 0.3) is 5.91 Å². The first-order chi connectivity index (χ1) is 11.5. The van der Waals surface area contributed by atoms with E-state index in [1.54, 1.807) is 23.4 Å². The van der Waals surface area contributed by atoms with Crippen LogP contribution in [0.25, 0.3) is 0 Å². The van der Waals surface area contributed by atoms with Gasteiger partial charge in [-0.05, 0) is 30.4 Å². The molecule has 1 N–H and O–H groups in total. The molecule has 0 spiro atoms. The summed E-state index contributed by atoms with van der Waals surface area (Å²) in [6, 6.07) is 3.23. The Bertz CT molecular complexity index is 660. The van der Waals surface area contributed by atoms with Crippen LogP contribution in [0.4, 0.5) is 0 Å². The number of rotatable bonds is 5. The van der Waals surface area contributed by atoms with Crippen LogP contribution in [-0.2, 0) is 9.59 Å². The maximum absolute atomic E-state index is 12.7. The molecule has 0 saturated heterocycles. The van der Waals surface area contributed by atoms with Crippen LogP contribution in [0.3, 0.4) is 0 Å². The number of carbonyl (C=O) groups is 2. The van der Waals surface area contributed by atoms with Crippen molar-refractivity contribution in [1.29, 1.82) is 0 Å². The molecule has 1 unspecified atom stereocenters. The lowest BCUT2D eigenvalue weighted by Crippen LogP contribution is -2.38. The second-order valence-electron chi connectivity index (χ2n) is 7.12. The highest BCUT2D eigenvalue weighted by molar-refractivity contribution is 6.09. The predicted molar refractivity (Wildman–Crippen MR) is 90.2 cm³/mol. The van der Waals surface area contributed by atoms with Gasteiger partial charge in [0.1, 0.15) is 0 Å². The number of pyridine rings is 1. The van der Waals surface area contributed by atoms with Crippen molar-refractivity contribution in [2.45, 2.75) is 58.0 Å². The average molecular weight is 328 g/mol. The number of aromatic nitrogens is 1. The average Bonchev–Trinajstić information content (AvgIpc) is 3.15. The summed E-state index contributed by atoms with van der Waals surface area (Å²) in [6.45, 7) is 3.92. The lowest BCUT2D eigenvalue weighted by molar-refractivity contribution is -0.131. The van der Waals surface area contributed by atoms with E-state index in [1.165, 1.54) is 0 Å². The highest BCUT2D eigenvalue weighted by Gasteiger charge is 2.46. The summed E-state index contributed by atoms with van der Waals surface area (Å²) < 4.78 is 0. The Morgan fingerprint density at radius 3 is 2.67 bits per heavy atom. The maximum Gasteiger partial charge on any atom is 0.290 e. The summed E-state index contributed by atoms with van der Waals surface area (Å²) in [6.07, 6.45) is 7.65. The molecule has 3 rings (SSSR count). The highest BCUT2D eigenvalue weighted by Crippen LogP contribution is 2.42. The molecule has 1 saturated carbocycles. The summed E-state index contributed by atoms with van der Waals surface area (Å²) in [4.78, 5) is 31.3. The van der Waals surface area contributed by atoms with E-state index >= 15 is 0 Å². The fourth-order valence-electron chi connectivity index (χ4n) is 3.81. The van der Waals surface area contributed by atoms with Gasteiger partial charge in [0.15, 0.2) is 11.5 Å². The van der Waals surface area contributed by atoms with Gasteiger partial charge in [-0.15, -0.1) is 0 Å². The Kier molecular flexibility index (Phi) is 4.69.